The van der Waals surface area contributed by atoms with E-state index in [0.29, 0.717) is 37.3 Å². The molecule has 2 heterocycles. The molecule has 1 saturated heterocycles. The number of aliphatic imine (C=N–C) groups is 1. The maximum Gasteiger partial charge on any atom is 0.220 e. The van der Waals surface area contributed by atoms with Crippen LogP contribution in [0.5, 0.6) is 0 Å². The van der Waals surface area contributed by atoms with Gasteiger partial charge in [-0.2, -0.15) is 4.31 Å². The molecule has 1 saturated carbocycles. The molecule has 1 aliphatic heterocycles. The average Bonchev–Trinajstić information content (AvgIpc) is 3.08. The van der Waals surface area contributed by atoms with Crippen molar-refractivity contribution in [2.45, 2.75) is 25.5 Å². The zero-order valence-corrected chi connectivity index (χ0v) is 15.0. The minimum absolute atomic E-state index is 0.116. The Morgan fingerprint density at radius 2 is 2.08 bits per heavy atom. The van der Waals surface area contributed by atoms with E-state index in [2.05, 4.69) is 27.3 Å². The van der Waals surface area contributed by atoms with E-state index in [1.165, 1.54) is 23.4 Å². The van der Waals surface area contributed by atoms with Gasteiger partial charge in [-0.05, 0) is 18.3 Å². The third-order valence-electron chi connectivity index (χ3n) is 4.74. The summed E-state index contributed by atoms with van der Waals surface area (Å²) >= 11 is 0. The van der Waals surface area contributed by atoms with Crippen LogP contribution in [0.3, 0.4) is 0 Å². The molecule has 1 aromatic heterocycles. The first-order chi connectivity index (χ1) is 11.4. The predicted molar refractivity (Wildman–Crippen MR) is 91.0 cm³/mol. The lowest BCUT2D eigenvalue weighted by Gasteiger charge is -2.36. The number of guanidine groups is 1. The Hall–Kier alpha value is -1.61. The Labute approximate surface area is 142 Å². The van der Waals surface area contributed by atoms with Crippen molar-refractivity contribution >= 4 is 16.0 Å². The second-order valence-electron chi connectivity index (χ2n) is 6.84. The molecule has 0 bridgehead atoms. The maximum absolute atomic E-state index is 12.4. The van der Waals surface area contributed by atoms with Gasteiger partial charge in [-0.1, -0.05) is 12.1 Å². The third-order valence-corrected chi connectivity index (χ3v) is 6.55. The highest BCUT2D eigenvalue weighted by Crippen LogP contribution is 2.44. The fraction of sp³-hybridized carbons (Fsp3) is 0.733. The van der Waals surface area contributed by atoms with Gasteiger partial charge in [-0.15, -0.1) is 0 Å². The lowest BCUT2D eigenvalue weighted by atomic mass is 10.1. The second kappa shape index (κ2) is 6.72. The van der Waals surface area contributed by atoms with Crippen LogP contribution < -0.4 is 5.32 Å². The van der Waals surface area contributed by atoms with Crippen LogP contribution in [0.1, 0.15) is 25.5 Å². The molecule has 3 rings (SSSR count). The van der Waals surface area contributed by atoms with Crippen LogP contribution in [-0.2, 0) is 15.8 Å². The molecule has 8 nitrogen and oxygen atoms in total. The molecular formula is C15H25N5O3S. The monoisotopic (exact) mass is 355 g/mol. The smallest absolute Gasteiger partial charge is 0.220 e. The molecule has 0 amide bonds. The van der Waals surface area contributed by atoms with Crippen molar-refractivity contribution < 1.29 is 12.9 Å². The van der Waals surface area contributed by atoms with Gasteiger partial charge in [0.1, 0.15) is 12.0 Å². The summed E-state index contributed by atoms with van der Waals surface area (Å²) in [7, 11) is -1.59. The van der Waals surface area contributed by atoms with E-state index in [4.69, 9.17) is 4.52 Å². The van der Waals surface area contributed by atoms with Gasteiger partial charge in [-0.25, -0.2) is 8.42 Å². The summed E-state index contributed by atoms with van der Waals surface area (Å²) in [6.45, 7) is 5.37. The standard InChI is InChI=1S/C15H25N5O3S/c1-15(4-5-15)12-17-14(16-2)19-6-8-20(9-7-19)24(21,22)11-13-3-10-23-18-13/h3,10H,4-9,11-12H2,1-2H3,(H,16,17). The number of hydrogen-bond donors (Lipinski definition) is 1. The molecule has 0 atom stereocenters. The Kier molecular flexibility index (Phi) is 4.82. The summed E-state index contributed by atoms with van der Waals surface area (Å²) in [5, 5.41) is 7.10. The van der Waals surface area contributed by atoms with Crippen LogP contribution in [0.4, 0.5) is 0 Å². The van der Waals surface area contributed by atoms with E-state index in [0.717, 1.165) is 12.5 Å². The van der Waals surface area contributed by atoms with Crippen molar-refractivity contribution in [2.75, 3.05) is 39.8 Å². The number of hydrogen-bond acceptors (Lipinski definition) is 5. The number of sulfonamides is 1. The first kappa shape index (κ1) is 17.2. The van der Waals surface area contributed by atoms with E-state index in [1.54, 1.807) is 13.1 Å². The molecule has 9 heteroatoms. The predicted octanol–water partition coefficient (Wildman–Crippen LogP) is 0.498. The molecule has 0 aromatic carbocycles. The van der Waals surface area contributed by atoms with Crippen LogP contribution in [-0.4, -0.2) is 68.5 Å². The molecule has 0 radical (unpaired) electrons. The number of nitrogens with zero attached hydrogens (tertiary/aromatic N) is 4. The first-order valence-electron chi connectivity index (χ1n) is 8.25. The van der Waals surface area contributed by atoms with E-state index in [9.17, 15) is 8.42 Å². The van der Waals surface area contributed by atoms with Crippen LogP contribution >= 0.6 is 0 Å². The lowest BCUT2D eigenvalue weighted by molar-refractivity contribution is 0.259. The highest BCUT2D eigenvalue weighted by Gasteiger charge is 2.37. The van der Waals surface area contributed by atoms with Crippen LogP contribution in [0.15, 0.2) is 21.8 Å². The summed E-state index contributed by atoms with van der Waals surface area (Å²) in [5.41, 5.74) is 0.839. The number of nitrogens with one attached hydrogen (secondary N) is 1. The van der Waals surface area contributed by atoms with Crippen LogP contribution in [0.2, 0.25) is 0 Å². The van der Waals surface area contributed by atoms with E-state index >= 15 is 0 Å². The summed E-state index contributed by atoms with van der Waals surface area (Å²) in [4.78, 5) is 6.45. The molecule has 2 fully saturated rings. The quantitative estimate of drug-likeness (QED) is 0.611. The molecule has 1 aliphatic carbocycles. The fourth-order valence-corrected chi connectivity index (χ4v) is 4.21. The van der Waals surface area contributed by atoms with Gasteiger partial charge in [0, 0.05) is 45.8 Å². The molecule has 0 unspecified atom stereocenters. The Bertz CT molecular complexity index is 674. The zero-order valence-electron chi connectivity index (χ0n) is 14.2. The van der Waals surface area contributed by atoms with Gasteiger partial charge in [-0.3, -0.25) is 4.99 Å². The van der Waals surface area contributed by atoms with Crippen molar-refractivity contribution in [3.63, 3.8) is 0 Å². The molecular weight excluding hydrogens is 330 g/mol. The van der Waals surface area contributed by atoms with Gasteiger partial charge in [0.25, 0.3) is 0 Å². The van der Waals surface area contributed by atoms with Gasteiger partial charge in [0.15, 0.2) is 5.96 Å². The number of piperazine rings is 1. The minimum atomic E-state index is -3.36. The van der Waals surface area contributed by atoms with Gasteiger partial charge < -0.3 is 14.7 Å². The van der Waals surface area contributed by atoms with E-state index < -0.39 is 10.0 Å². The third kappa shape index (κ3) is 4.07. The second-order valence-corrected chi connectivity index (χ2v) is 8.81. The molecule has 1 N–H and O–H groups in total. The Balaban J connectivity index is 1.52. The van der Waals surface area contributed by atoms with Crippen molar-refractivity contribution in [3.05, 3.63) is 18.0 Å². The topological polar surface area (TPSA) is 91.0 Å². The molecule has 2 aliphatic rings. The van der Waals surface area contributed by atoms with E-state index in [1.807, 2.05) is 0 Å². The Morgan fingerprint density at radius 3 is 2.62 bits per heavy atom. The largest absolute Gasteiger partial charge is 0.364 e. The zero-order chi connectivity index (χ0) is 17.2. The molecule has 1 aromatic rings. The highest BCUT2D eigenvalue weighted by molar-refractivity contribution is 7.88. The molecule has 0 spiro atoms. The van der Waals surface area contributed by atoms with E-state index in [-0.39, 0.29) is 5.75 Å². The minimum Gasteiger partial charge on any atom is -0.364 e. The Morgan fingerprint density at radius 1 is 1.38 bits per heavy atom. The normalized spacial score (nSPS) is 21.8. The number of rotatable bonds is 5. The summed E-state index contributed by atoms with van der Waals surface area (Å²) in [5.74, 6) is 0.742. The molecule has 24 heavy (non-hydrogen) atoms. The highest BCUT2D eigenvalue weighted by atomic mass is 32.2. The van der Waals surface area contributed by atoms with Crippen molar-refractivity contribution in [2.24, 2.45) is 10.4 Å². The van der Waals surface area contributed by atoms with Crippen LogP contribution in [0, 0.1) is 5.41 Å². The average molecular weight is 355 g/mol. The molecule has 134 valence electrons. The first-order valence-corrected chi connectivity index (χ1v) is 9.85. The lowest BCUT2D eigenvalue weighted by Crippen LogP contribution is -2.54. The summed E-state index contributed by atoms with van der Waals surface area (Å²) in [6.07, 6.45) is 3.90. The van der Waals surface area contributed by atoms with Crippen molar-refractivity contribution in [3.8, 4) is 0 Å². The maximum atomic E-state index is 12.4. The van der Waals surface area contributed by atoms with Gasteiger partial charge in [0.2, 0.25) is 10.0 Å². The summed E-state index contributed by atoms with van der Waals surface area (Å²) in [6, 6.07) is 1.58. The summed E-state index contributed by atoms with van der Waals surface area (Å²) < 4.78 is 31.1. The van der Waals surface area contributed by atoms with Gasteiger partial charge in [0.05, 0.1) is 5.69 Å². The van der Waals surface area contributed by atoms with Crippen molar-refractivity contribution in [1.29, 1.82) is 0 Å². The van der Waals surface area contributed by atoms with Crippen molar-refractivity contribution in [1.82, 2.24) is 19.7 Å². The van der Waals surface area contributed by atoms with Gasteiger partial charge >= 0.3 is 0 Å². The fourth-order valence-electron chi connectivity index (χ4n) is 2.78. The SMILES string of the molecule is CN=C(NCC1(C)CC1)N1CCN(S(=O)(=O)Cc2ccon2)CC1. The van der Waals surface area contributed by atoms with Crippen LogP contribution in [0.25, 0.3) is 0 Å². The number of aromatic nitrogens is 1.